The van der Waals surface area contributed by atoms with Gasteiger partial charge in [-0.25, -0.2) is 9.97 Å². The quantitative estimate of drug-likeness (QED) is 0.336. The summed E-state index contributed by atoms with van der Waals surface area (Å²) in [6.45, 7) is 2.11. The van der Waals surface area contributed by atoms with E-state index < -0.39 is 0 Å². The summed E-state index contributed by atoms with van der Waals surface area (Å²) >= 11 is 0. The van der Waals surface area contributed by atoms with Crippen molar-refractivity contribution in [3.05, 3.63) is 107 Å². The molecule has 0 amide bonds. The molecule has 0 saturated heterocycles. The van der Waals surface area contributed by atoms with E-state index >= 15 is 0 Å². The van der Waals surface area contributed by atoms with Gasteiger partial charge in [0, 0.05) is 27.6 Å². The first-order valence-electron chi connectivity index (χ1n) is 10.3. The maximum atomic E-state index is 4.93. The van der Waals surface area contributed by atoms with Gasteiger partial charge >= 0.3 is 0 Å². The fourth-order valence-electron chi connectivity index (χ4n) is 4.06. The van der Waals surface area contributed by atoms with Gasteiger partial charge in [0.1, 0.15) is 0 Å². The second kappa shape index (κ2) is 6.96. The molecule has 0 atom stereocenters. The Hall–Kier alpha value is -4.18. The number of hydrogen-bond donors (Lipinski definition) is 2. The Bertz CT molecular complexity index is 1550. The molecule has 0 unspecified atom stereocenters. The average molecular weight is 400 g/mol. The lowest BCUT2D eigenvalue weighted by Gasteiger charge is -2.03. The third-order valence-electron chi connectivity index (χ3n) is 5.49. The highest BCUT2D eigenvalue weighted by Crippen LogP contribution is 2.29. The molecule has 2 aliphatic heterocycles. The van der Waals surface area contributed by atoms with Crippen molar-refractivity contribution in [2.75, 3.05) is 0 Å². The largest absolute Gasteiger partial charge is 0.355 e. The maximum absolute atomic E-state index is 4.93. The minimum absolute atomic E-state index is 0.900. The van der Waals surface area contributed by atoms with Crippen LogP contribution in [0.5, 0.6) is 0 Å². The zero-order valence-corrected chi connectivity index (χ0v) is 17.1. The van der Waals surface area contributed by atoms with Crippen molar-refractivity contribution in [2.24, 2.45) is 0 Å². The second-order valence-corrected chi connectivity index (χ2v) is 7.96. The fourth-order valence-corrected chi connectivity index (χ4v) is 4.06. The molecule has 8 bridgehead atoms. The summed E-state index contributed by atoms with van der Waals surface area (Å²) in [6.07, 6.45) is 6.22. The van der Waals surface area contributed by atoms with Gasteiger partial charge in [-0.05, 0) is 79.2 Å². The van der Waals surface area contributed by atoms with Crippen LogP contribution < -0.4 is 0 Å². The summed E-state index contributed by atoms with van der Waals surface area (Å²) in [5, 5.41) is 0. The van der Waals surface area contributed by atoms with Gasteiger partial charge in [-0.15, -0.1) is 0 Å². The molecule has 4 heteroatoms. The van der Waals surface area contributed by atoms with Crippen LogP contribution in [0.3, 0.4) is 0 Å². The Kier molecular flexibility index (Phi) is 3.96. The lowest BCUT2D eigenvalue weighted by Crippen LogP contribution is -1.87. The minimum Gasteiger partial charge on any atom is -0.355 e. The summed E-state index contributed by atoms with van der Waals surface area (Å²) in [6, 6.07) is 25.1. The van der Waals surface area contributed by atoms with E-state index in [0.29, 0.717) is 0 Å². The summed E-state index contributed by atoms with van der Waals surface area (Å²) < 4.78 is 0. The lowest BCUT2D eigenvalue weighted by molar-refractivity contribution is 1.27. The number of benzene rings is 1. The van der Waals surface area contributed by atoms with Crippen LogP contribution in [-0.2, 0) is 0 Å². The van der Waals surface area contributed by atoms with E-state index in [9.17, 15) is 0 Å². The van der Waals surface area contributed by atoms with E-state index in [1.165, 1.54) is 5.56 Å². The topological polar surface area (TPSA) is 57.4 Å². The standard InChI is InChI=1S/C27H20N4/c1-17-3-2-4-18(11-17)26-15-25-14-23-8-7-21(29-23)12-19-5-6-20(28-19)13-22-9-10-24(30-22)16-27(26)31-25/h2-16,28-29H,1H3. The molecule has 0 aliphatic carbocycles. The highest BCUT2D eigenvalue weighted by Gasteiger charge is 2.13. The predicted octanol–water partition coefficient (Wildman–Crippen LogP) is 6.38. The maximum Gasteiger partial charge on any atom is 0.0737 e. The van der Waals surface area contributed by atoms with Gasteiger partial charge in [-0.3, -0.25) is 0 Å². The van der Waals surface area contributed by atoms with Crippen molar-refractivity contribution in [3.8, 4) is 0 Å². The second-order valence-electron chi connectivity index (χ2n) is 7.96. The number of aryl methyl sites for hydroxylation is 1. The first kappa shape index (κ1) is 17.7. The Morgan fingerprint density at radius 2 is 1.26 bits per heavy atom. The van der Waals surface area contributed by atoms with Crippen LogP contribution in [0.25, 0.3) is 45.9 Å². The number of H-pyrrole nitrogens is 2. The number of nitrogens with zero attached hydrogens (tertiary/aromatic N) is 2. The van der Waals surface area contributed by atoms with Crippen molar-refractivity contribution in [1.29, 1.82) is 0 Å². The third-order valence-corrected chi connectivity index (χ3v) is 5.49. The number of nitrogens with one attached hydrogen (secondary N) is 2. The highest BCUT2D eigenvalue weighted by molar-refractivity contribution is 5.93. The van der Waals surface area contributed by atoms with Gasteiger partial charge in [0.05, 0.1) is 22.8 Å². The van der Waals surface area contributed by atoms with Crippen LogP contribution in [0.2, 0.25) is 0 Å². The lowest BCUT2D eigenvalue weighted by atomic mass is 10.0. The molecule has 4 nitrogen and oxygen atoms in total. The number of aromatic amines is 2. The molecule has 0 radical (unpaired) electrons. The zero-order chi connectivity index (χ0) is 20.8. The SMILES string of the molecule is Cc1cccc(C2=Cc3cc4ccc(cc5ccc(cc6nc(cc2n3)C=C6)[nH]5)[nH]4)c1. The summed E-state index contributed by atoms with van der Waals surface area (Å²) in [5.41, 5.74) is 11.3. The van der Waals surface area contributed by atoms with Crippen LogP contribution in [0.4, 0.5) is 0 Å². The molecule has 3 aromatic heterocycles. The van der Waals surface area contributed by atoms with E-state index in [1.807, 2.05) is 12.2 Å². The molecular formula is C27H20N4. The Balaban J connectivity index is 1.64. The van der Waals surface area contributed by atoms with Crippen LogP contribution in [0.1, 0.15) is 33.9 Å². The molecule has 31 heavy (non-hydrogen) atoms. The molecule has 0 saturated carbocycles. The van der Waals surface area contributed by atoms with Crippen LogP contribution >= 0.6 is 0 Å². The van der Waals surface area contributed by atoms with Crippen LogP contribution in [-0.4, -0.2) is 19.9 Å². The average Bonchev–Trinajstić information content (AvgIpc) is 3.53. The summed E-state index contributed by atoms with van der Waals surface area (Å²) in [7, 11) is 0. The zero-order valence-electron chi connectivity index (χ0n) is 17.1. The van der Waals surface area contributed by atoms with Crippen molar-refractivity contribution in [3.63, 3.8) is 0 Å². The number of hydrogen-bond acceptors (Lipinski definition) is 2. The number of fused-ring (bicyclic) bond motifs is 8. The molecule has 0 fully saturated rings. The summed E-state index contributed by atoms with van der Waals surface area (Å²) in [4.78, 5) is 16.6. The first-order valence-corrected chi connectivity index (χ1v) is 10.3. The smallest absolute Gasteiger partial charge is 0.0737 e. The molecule has 4 aromatic rings. The molecule has 2 aliphatic rings. The van der Waals surface area contributed by atoms with Gasteiger partial charge in [-0.2, -0.15) is 0 Å². The van der Waals surface area contributed by atoms with Crippen molar-refractivity contribution in [2.45, 2.75) is 6.92 Å². The highest BCUT2D eigenvalue weighted by atomic mass is 14.8. The van der Waals surface area contributed by atoms with Crippen LogP contribution in [0.15, 0.2) is 72.8 Å². The Labute approximate surface area is 179 Å². The van der Waals surface area contributed by atoms with Crippen molar-refractivity contribution in [1.82, 2.24) is 19.9 Å². The molecule has 2 N–H and O–H groups in total. The van der Waals surface area contributed by atoms with E-state index in [0.717, 1.165) is 56.0 Å². The third kappa shape index (κ3) is 3.49. The van der Waals surface area contributed by atoms with E-state index in [-0.39, 0.29) is 0 Å². The van der Waals surface area contributed by atoms with Gasteiger partial charge in [0.15, 0.2) is 0 Å². The summed E-state index contributed by atoms with van der Waals surface area (Å²) in [5.74, 6) is 0. The van der Waals surface area contributed by atoms with E-state index in [2.05, 4.69) is 95.8 Å². The van der Waals surface area contributed by atoms with Gasteiger partial charge in [-0.1, -0.05) is 29.8 Å². The first-order chi connectivity index (χ1) is 15.2. The normalized spacial score (nSPS) is 12.7. The van der Waals surface area contributed by atoms with Gasteiger partial charge < -0.3 is 9.97 Å². The van der Waals surface area contributed by atoms with Crippen molar-refractivity contribution >= 4 is 45.9 Å². The van der Waals surface area contributed by atoms with Crippen LogP contribution in [0, 0.1) is 6.92 Å². The van der Waals surface area contributed by atoms with Crippen molar-refractivity contribution < 1.29 is 0 Å². The Morgan fingerprint density at radius 3 is 1.97 bits per heavy atom. The molecular weight excluding hydrogens is 380 g/mol. The number of rotatable bonds is 1. The molecule has 5 heterocycles. The van der Waals surface area contributed by atoms with Gasteiger partial charge in [0.25, 0.3) is 0 Å². The fraction of sp³-hybridized carbons (Fsp3) is 0.0370. The van der Waals surface area contributed by atoms with E-state index in [1.54, 1.807) is 0 Å². The van der Waals surface area contributed by atoms with Gasteiger partial charge in [0.2, 0.25) is 0 Å². The molecule has 0 spiro atoms. The number of aromatic nitrogens is 4. The molecule has 6 rings (SSSR count). The Morgan fingerprint density at radius 1 is 0.613 bits per heavy atom. The monoisotopic (exact) mass is 400 g/mol. The minimum atomic E-state index is 0.900. The molecule has 1 aromatic carbocycles. The van der Waals surface area contributed by atoms with E-state index in [4.69, 9.17) is 9.97 Å². The predicted molar refractivity (Wildman–Crippen MR) is 128 cm³/mol. The molecule has 148 valence electrons.